The highest BCUT2D eigenvalue weighted by molar-refractivity contribution is 9.10. The van der Waals surface area contributed by atoms with Crippen molar-refractivity contribution in [2.24, 2.45) is 0 Å². The van der Waals surface area contributed by atoms with Crippen molar-refractivity contribution >= 4 is 33.4 Å². The van der Waals surface area contributed by atoms with Gasteiger partial charge in [0.1, 0.15) is 5.75 Å². The molecule has 0 saturated carbocycles. The maximum absolute atomic E-state index is 12.4. The number of benzene rings is 2. The summed E-state index contributed by atoms with van der Waals surface area (Å²) in [7, 11) is 3.40. The Balaban J connectivity index is 2.04. The van der Waals surface area contributed by atoms with E-state index in [4.69, 9.17) is 4.74 Å². The molecule has 0 bridgehead atoms. The van der Waals surface area contributed by atoms with E-state index in [1.165, 1.54) is 4.90 Å². The molecule has 2 amide bonds. The molecular weight excluding hydrogens is 396 g/mol. The topological polar surface area (TPSA) is 58.6 Å². The average molecular weight is 419 g/mol. The molecule has 0 fully saturated rings. The minimum absolute atomic E-state index is 0.0826. The first kappa shape index (κ1) is 20.0. The van der Waals surface area contributed by atoms with Gasteiger partial charge in [-0.25, -0.2) is 0 Å². The predicted molar refractivity (Wildman–Crippen MR) is 107 cm³/mol. The molecule has 1 N–H and O–H groups in total. The predicted octanol–water partition coefficient (Wildman–Crippen LogP) is 4.17. The Morgan fingerprint density at radius 2 is 1.62 bits per heavy atom. The molecule has 0 heterocycles. The number of aryl methyl sites for hydroxylation is 2. The average Bonchev–Trinajstić information content (AvgIpc) is 2.57. The summed E-state index contributed by atoms with van der Waals surface area (Å²) < 4.78 is 6.84. The number of nitrogens with zero attached hydrogens (tertiary/aromatic N) is 1. The van der Waals surface area contributed by atoms with E-state index >= 15 is 0 Å². The van der Waals surface area contributed by atoms with Gasteiger partial charge in [0.25, 0.3) is 11.8 Å². The Morgan fingerprint density at radius 1 is 1.08 bits per heavy atom. The van der Waals surface area contributed by atoms with E-state index in [1.54, 1.807) is 45.3 Å². The van der Waals surface area contributed by atoms with E-state index < -0.39 is 6.10 Å². The second kappa shape index (κ2) is 8.36. The van der Waals surface area contributed by atoms with Gasteiger partial charge in [0.05, 0.1) is 0 Å². The first-order valence-electron chi connectivity index (χ1n) is 8.25. The van der Waals surface area contributed by atoms with Crippen LogP contribution in [0.2, 0.25) is 0 Å². The van der Waals surface area contributed by atoms with Gasteiger partial charge >= 0.3 is 0 Å². The fourth-order valence-electron chi connectivity index (χ4n) is 2.51. The third kappa shape index (κ3) is 4.85. The van der Waals surface area contributed by atoms with Gasteiger partial charge in [-0.2, -0.15) is 0 Å². The zero-order valence-corrected chi connectivity index (χ0v) is 17.2. The van der Waals surface area contributed by atoms with Crippen molar-refractivity contribution in [3.8, 4) is 5.75 Å². The number of anilines is 1. The Hall–Kier alpha value is -2.34. The van der Waals surface area contributed by atoms with Crippen molar-refractivity contribution in [2.45, 2.75) is 26.9 Å². The lowest BCUT2D eigenvalue weighted by Crippen LogP contribution is -2.30. The molecule has 0 aliphatic rings. The van der Waals surface area contributed by atoms with Gasteiger partial charge < -0.3 is 15.0 Å². The molecule has 1 atom stereocenters. The SMILES string of the molecule is Cc1cc(Br)cc(C)c1OC(C)C(=O)Nc1ccc(C(=O)N(C)C)cc1. The van der Waals surface area contributed by atoms with Crippen LogP contribution in [-0.4, -0.2) is 36.9 Å². The molecule has 2 rings (SSSR count). The van der Waals surface area contributed by atoms with Crippen molar-refractivity contribution < 1.29 is 14.3 Å². The van der Waals surface area contributed by atoms with Crippen LogP contribution in [0.4, 0.5) is 5.69 Å². The Labute approximate surface area is 162 Å². The van der Waals surface area contributed by atoms with E-state index in [2.05, 4.69) is 21.2 Å². The molecule has 6 heteroatoms. The number of rotatable bonds is 5. The standard InChI is InChI=1S/C20H23BrN2O3/c1-12-10-16(21)11-13(2)18(12)26-14(3)19(24)22-17-8-6-15(7-9-17)20(25)23(4)5/h6-11,14H,1-5H3,(H,22,24). The summed E-state index contributed by atoms with van der Waals surface area (Å²) in [6.07, 6.45) is -0.656. The number of amides is 2. The van der Waals surface area contributed by atoms with Crippen LogP contribution in [0.5, 0.6) is 5.75 Å². The van der Waals surface area contributed by atoms with E-state index in [-0.39, 0.29) is 11.8 Å². The van der Waals surface area contributed by atoms with Crippen molar-refractivity contribution in [3.05, 3.63) is 57.6 Å². The van der Waals surface area contributed by atoms with Gasteiger partial charge in [0.15, 0.2) is 6.10 Å². The summed E-state index contributed by atoms with van der Waals surface area (Å²) in [4.78, 5) is 25.8. The van der Waals surface area contributed by atoms with Crippen LogP contribution in [0.15, 0.2) is 40.9 Å². The van der Waals surface area contributed by atoms with E-state index in [1.807, 2.05) is 26.0 Å². The maximum Gasteiger partial charge on any atom is 0.265 e. The summed E-state index contributed by atoms with van der Waals surface area (Å²) in [6.45, 7) is 5.59. The quantitative estimate of drug-likeness (QED) is 0.792. The Bertz CT molecular complexity index is 793. The fourth-order valence-corrected chi connectivity index (χ4v) is 3.20. The minimum Gasteiger partial charge on any atom is -0.480 e. The summed E-state index contributed by atoms with van der Waals surface area (Å²) in [6, 6.07) is 10.7. The number of carbonyl (C=O) groups is 2. The van der Waals surface area contributed by atoms with Crippen molar-refractivity contribution in [1.29, 1.82) is 0 Å². The Morgan fingerprint density at radius 3 is 2.12 bits per heavy atom. The highest BCUT2D eigenvalue weighted by Gasteiger charge is 2.18. The summed E-state index contributed by atoms with van der Waals surface area (Å²) in [5.74, 6) is 0.377. The molecule has 2 aromatic rings. The molecule has 0 aromatic heterocycles. The molecule has 26 heavy (non-hydrogen) atoms. The molecule has 0 spiro atoms. The number of carbonyl (C=O) groups excluding carboxylic acids is 2. The normalized spacial score (nSPS) is 11.6. The first-order chi connectivity index (χ1) is 12.2. The summed E-state index contributed by atoms with van der Waals surface area (Å²) in [5, 5.41) is 2.81. The highest BCUT2D eigenvalue weighted by Crippen LogP contribution is 2.28. The molecule has 2 aromatic carbocycles. The lowest BCUT2D eigenvalue weighted by molar-refractivity contribution is -0.122. The number of halogens is 1. The van der Waals surface area contributed by atoms with Crippen LogP contribution in [0.25, 0.3) is 0 Å². The third-order valence-electron chi connectivity index (χ3n) is 3.89. The molecule has 0 radical (unpaired) electrons. The number of nitrogens with one attached hydrogen (secondary N) is 1. The number of hydrogen-bond donors (Lipinski definition) is 1. The van der Waals surface area contributed by atoms with Crippen molar-refractivity contribution in [1.82, 2.24) is 4.90 Å². The zero-order valence-electron chi connectivity index (χ0n) is 15.6. The van der Waals surface area contributed by atoms with Gasteiger partial charge in [-0.05, 0) is 68.3 Å². The van der Waals surface area contributed by atoms with Gasteiger partial charge in [-0.15, -0.1) is 0 Å². The van der Waals surface area contributed by atoms with E-state index in [0.717, 1.165) is 15.6 Å². The van der Waals surface area contributed by atoms with Crippen molar-refractivity contribution in [3.63, 3.8) is 0 Å². The van der Waals surface area contributed by atoms with Crippen LogP contribution < -0.4 is 10.1 Å². The molecule has 138 valence electrons. The molecular formula is C20H23BrN2O3. The van der Waals surface area contributed by atoms with Gasteiger partial charge in [-0.1, -0.05) is 15.9 Å². The van der Waals surface area contributed by atoms with Crippen LogP contribution in [0.3, 0.4) is 0 Å². The molecule has 0 aliphatic carbocycles. The minimum atomic E-state index is -0.656. The van der Waals surface area contributed by atoms with Gasteiger partial charge in [0.2, 0.25) is 0 Å². The number of hydrogen-bond acceptors (Lipinski definition) is 3. The molecule has 0 saturated heterocycles. The van der Waals surface area contributed by atoms with Gasteiger partial charge in [-0.3, -0.25) is 9.59 Å². The molecule has 0 aliphatic heterocycles. The largest absolute Gasteiger partial charge is 0.480 e. The lowest BCUT2D eigenvalue weighted by Gasteiger charge is -2.18. The Kier molecular flexibility index (Phi) is 6.42. The summed E-state index contributed by atoms with van der Waals surface area (Å²) in [5.41, 5.74) is 3.11. The van der Waals surface area contributed by atoms with E-state index in [0.29, 0.717) is 17.0 Å². The second-order valence-corrected chi connectivity index (χ2v) is 7.31. The molecule has 1 unspecified atom stereocenters. The van der Waals surface area contributed by atoms with Gasteiger partial charge in [0, 0.05) is 29.8 Å². The van der Waals surface area contributed by atoms with Crippen LogP contribution in [-0.2, 0) is 4.79 Å². The fraction of sp³-hybridized carbons (Fsp3) is 0.300. The smallest absolute Gasteiger partial charge is 0.265 e. The number of ether oxygens (including phenoxy) is 1. The van der Waals surface area contributed by atoms with Crippen LogP contribution in [0, 0.1) is 13.8 Å². The monoisotopic (exact) mass is 418 g/mol. The maximum atomic E-state index is 12.4. The van der Waals surface area contributed by atoms with Crippen LogP contribution >= 0.6 is 15.9 Å². The third-order valence-corrected chi connectivity index (χ3v) is 4.35. The highest BCUT2D eigenvalue weighted by atomic mass is 79.9. The second-order valence-electron chi connectivity index (χ2n) is 6.39. The zero-order chi connectivity index (χ0) is 19.4. The first-order valence-corrected chi connectivity index (χ1v) is 9.04. The van der Waals surface area contributed by atoms with Crippen molar-refractivity contribution in [2.75, 3.05) is 19.4 Å². The van der Waals surface area contributed by atoms with E-state index in [9.17, 15) is 9.59 Å². The van der Waals surface area contributed by atoms with Crippen LogP contribution in [0.1, 0.15) is 28.4 Å². The summed E-state index contributed by atoms with van der Waals surface area (Å²) >= 11 is 3.45. The lowest BCUT2D eigenvalue weighted by atomic mass is 10.1. The molecule has 5 nitrogen and oxygen atoms in total.